The largest absolute Gasteiger partial charge is 0.340 e. The van der Waals surface area contributed by atoms with Crippen LogP contribution in [0.4, 0.5) is 0 Å². The molecular weight excluding hydrogens is 334 g/mol. The summed E-state index contributed by atoms with van der Waals surface area (Å²) >= 11 is 3.36. The van der Waals surface area contributed by atoms with Crippen LogP contribution in [0.3, 0.4) is 0 Å². The van der Waals surface area contributed by atoms with Crippen LogP contribution in [-0.4, -0.2) is 18.6 Å². The van der Waals surface area contributed by atoms with E-state index in [2.05, 4.69) is 30.8 Å². The molecule has 1 N–H and O–H groups in total. The predicted molar refractivity (Wildman–Crippen MR) is 72.6 cm³/mol. The summed E-state index contributed by atoms with van der Waals surface area (Å²) in [6.45, 7) is 1.82. The van der Waals surface area contributed by atoms with Crippen LogP contribution < -0.4 is 4.72 Å². The van der Waals surface area contributed by atoms with E-state index in [4.69, 9.17) is 4.52 Å². The zero-order valence-corrected chi connectivity index (χ0v) is 12.5. The highest BCUT2D eigenvalue weighted by Crippen LogP contribution is 2.15. The number of benzene rings is 1. The highest BCUT2D eigenvalue weighted by Gasteiger charge is 2.15. The van der Waals surface area contributed by atoms with E-state index < -0.39 is 10.0 Å². The lowest BCUT2D eigenvalue weighted by atomic mass is 10.2. The second-order valence-electron chi connectivity index (χ2n) is 3.90. The van der Waals surface area contributed by atoms with Crippen molar-refractivity contribution in [3.05, 3.63) is 46.0 Å². The fourth-order valence-corrected chi connectivity index (χ4v) is 2.81. The fraction of sp³-hybridized carbons (Fsp3) is 0.273. The van der Waals surface area contributed by atoms with Crippen LogP contribution in [0.15, 0.2) is 33.3 Å². The third-order valence-corrected chi connectivity index (χ3v) is 4.33. The van der Waals surface area contributed by atoms with Crippen LogP contribution >= 0.6 is 15.9 Å². The van der Waals surface area contributed by atoms with Crippen LogP contribution in [0.25, 0.3) is 0 Å². The fourth-order valence-electron chi connectivity index (χ4n) is 1.45. The summed E-state index contributed by atoms with van der Waals surface area (Å²) in [4.78, 5) is 3.86. The molecule has 0 amide bonds. The lowest BCUT2D eigenvalue weighted by molar-refractivity contribution is 0.388. The van der Waals surface area contributed by atoms with Gasteiger partial charge < -0.3 is 4.52 Å². The van der Waals surface area contributed by atoms with Crippen LogP contribution in [-0.2, 0) is 22.3 Å². The standard InChI is InChI=1S/C11H12BrN3O3S/c1-8-14-11(15-18-8)7-19(16,17)13-6-9-4-2-3-5-10(9)12/h2-5,13H,6-7H2,1H3. The summed E-state index contributed by atoms with van der Waals surface area (Å²) in [7, 11) is -3.49. The van der Waals surface area contributed by atoms with Crippen LogP contribution in [0, 0.1) is 6.92 Å². The van der Waals surface area contributed by atoms with Crippen molar-refractivity contribution in [3.63, 3.8) is 0 Å². The molecule has 0 bridgehead atoms. The van der Waals surface area contributed by atoms with Gasteiger partial charge in [-0.15, -0.1) is 0 Å². The Labute approximate surface area is 119 Å². The van der Waals surface area contributed by atoms with E-state index in [-0.39, 0.29) is 18.1 Å². The Morgan fingerprint density at radius 3 is 2.74 bits per heavy atom. The molecule has 0 fully saturated rings. The Morgan fingerprint density at radius 1 is 1.37 bits per heavy atom. The maximum absolute atomic E-state index is 11.8. The van der Waals surface area contributed by atoms with E-state index >= 15 is 0 Å². The number of rotatable bonds is 5. The normalized spacial score (nSPS) is 11.7. The first-order valence-electron chi connectivity index (χ1n) is 5.46. The summed E-state index contributed by atoms with van der Waals surface area (Å²) in [6.07, 6.45) is 0. The van der Waals surface area contributed by atoms with Gasteiger partial charge in [0.1, 0.15) is 5.75 Å². The van der Waals surface area contributed by atoms with Gasteiger partial charge in [0.25, 0.3) is 0 Å². The van der Waals surface area contributed by atoms with Gasteiger partial charge in [-0.1, -0.05) is 39.3 Å². The van der Waals surface area contributed by atoms with Crippen molar-refractivity contribution in [1.82, 2.24) is 14.9 Å². The summed E-state index contributed by atoms with van der Waals surface area (Å²) in [5, 5.41) is 3.56. The second-order valence-corrected chi connectivity index (χ2v) is 6.56. The molecular formula is C11H12BrN3O3S. The molecule has 0 aliphatic carbocycles. The molecule has 0 aliphatic rings. The smallest absolute Gasteiger partial charge is 0.223 e. The molecule has 1 aromatic carbocycles. The van der Waals surface area contributed by atoms with Crippen molar-refractivity contribution < 1.29 is 12.9 Å². The Bertz CT molecular complexity index is 669. The number of halogens is 1. The van der Waals surface area contributed by atoms with Gasteiger partial charge in [-0.2, -0.15) is 4.98 Å². The highest BCUT2D eigenvalue weighted by molar-refractivity contribution is 9.10. The number of nitrogens with zero attached hydrogens (tertiary/aromatic N) is 2. The average molecular weight is 346 g/mol. The number of aryl methyl sites for hydroxylation is 1. The van der Waals surface area contributed by atoms with E-state index in [1.54, 1.807) is 6.92 Å². The first kappa shape index (κ1) is 14.2. The molecule has 0 atom stereocenters. The van der Waals surface area contributed by atoms with Crippen molar-refractivity contribution in [2.24, 2.45) is 0 Å². The van der Waals surface area contributed by atoms with Crippen LogP contribution in [0.1, 0.15) is 17.3 Å². The molecule has 19 heavy (non-hydrogen) atoms. The third-order valence-electron chi connectivity index (χ3n) is 2.33. The van der Waals surface area contributed by atoms with Gasteiger partial charge in [-0.3, -0.25) is 0 Å². The van der Waals surface area contributed by atoms with E-state index in [9.17, 15) is 8.42 Å². The van der Waals surface area contributed by atoms with Gasteiger partial charge >= 0.3 is 0 Å². The van der Waals surface area contributed by atoms with Gasteiger partial charge in [-0.25, -0.2) is 13.1 Å². The van der Waals surface area contributed by atoms with Gasteiger partial charge in [0, 0.05) is 17.9 Å². The molecule has 6 nitrogen and oxygen atoms in total. The monoisotopic (exact) mass is 345 g/mol. The lowest BCUT2D eigenvalue weighted by Gasteiger charge is -2.06. The van der Waals surface area contributed by atoms with Gasteiger partial charge in [-0.05, 0) is 11.6 Å². The molecule has 0 unspecified atom stereocenters. The molecule has 0 saturated heterocycles. The molecule has 0 radical (unpaired) electrons. The zero-order chi connectivity index (χ0) is 13.9. The molecule has 1 aromatic heterocycles. The summed E-state index contributed by atoms with van der Waals surface area (Å²) in [6, 6.07) is 7.40. The molecule has 0 aliphatic heterocycles. The molecule has 2 rings (SSSR count). The minimum absolute atomic E-state index is 0.150. The molecule has 102 valence electrons. The molecule has 0 spiro atoms. The minimum Gasteiger partial charge on any atom is -0.340 e. The number of sulfonamides is 1. The Balaban J connectivity index is 2.00. The van der Waals surface area contributed by atoms with E-state index in [0.717, 1.165) is 10.0 Å². The Morgan fingerprint density at radius 2 is 2.11 bits per heavy atom. The van der Waals surface area contributed by atoms with Crippen molar-refractivity contribution in [1.29, 1.82) is 0 Å². The van der Waals surface area contributed by atoms with E-state index in [1.807, 2.05) is 24.3 Å². The second kappa shape index (κ2) is 5.81. The third kappa shape index (κ3) is 4.12. The van der Waals surface area contributed by atoms with E-state index in [0.29, 0.717) is 5.89 Å². The summed E-state index contributed by atoms with van der Waals surface area (Å²) in [5.41, 5.74) is 0.857. The first-order valence-corrected chi connectivity index (χ1v) is 7.91. The molecule has 0 saturated carbocycles. The number of nitrogens with one attached hydrogen (secondary N) is 1. The maximum atomic E-state index is 11.8. The molecule has 8 heteroatoms. The maximum Gasteiger partial charge on any atom is 0.223 e. The Hall–Kier alpha value is -1.25. The number of aromatic nitrogens is 2. The van der Waals surface area contributed by atoms with Crippen LogP contribution in [0.2, 0.25) is 0 Å². The quantitative estimate of drug-likeness (QED) is 0.892. The highest BCUT2D eigenvalue weighted by atomic mass is 79.9. The van der Waals surface area contributed by atoms with Crippen molar-refractivity contribution in [2.45, 2.75) is 19.2 Å². The van der Waals surface area contributed by atoms with Crippen LogP contribution in [0.5, 0.6) is 0 Å². The van der Waals surface area contributed by atoms with Gasteiger partial charge in [0.15, 0.2) is 5.82 Å². The zero-order valence-electron chi connectivity index (χ0n) is 10.1. The minimum atomic E-state index is -3.49. The van der Waals surface area contributed by atoms with Crippen molar-refractivity contribution >= 4 is 26.0 Å². The van der Waals surface area contributed by atoms with E-state index in [1.165, 1.54) is 0 Å². The molecule has 2 aromatic rings. The lowest BCUT2D eigenvalue weighted by Crippen LogP contribution is -2.25. The number of hydrogen-bond donors (Lipinski definition) is 1. The van der Waals surface area contributed by atoms with Crippen molar-refractivity contribution in [3.8, 4) is 0 Å². The Kier molecular flexibility index (Phi) is 4.33. The topological polar surface area (TPSA) is 85.1 Å². The van der Waals surface area contributed by atoms with Gasteiger partial charge in [0.05, 0.1) is 0 Å². The van der Waals surface area contributed by atoms with Gasteiger partial charge in [0.2, 0.25) is 15.9 Å². The van der Waals surface area contributed by atoms with Crippen molar-refractivity contribution in [2.75, 3.05) is 0 Å². The summed E-state index contributed by atoms with van der Waals surface area (Å²) in [5.74, 6) is 0.197. The number of hydrogen-bond acceptors (Lipinski definition) is 5. The predicted octanol–water partition coefficient (Wildman–Crippen LogP) is 1.76. The molecule has 1 heterocycles. The SMILES string of the molecule is Cc1nc(CS(=O)(=O)NCc2ccccc2Br)no1. The first-order chi connectivity index (χ1) is 8.96. The average Bonchev–Trinajstić information content (AvgIpc) is 2.73. The summed E-state index contributed by atoms with van der Waals surface area (Å²) < 4.78 is 31.8.